The van der Waals surface area contributed by atoms with Crippen LogP contribution in [0.4, 0.5) is 0 Å². The van der Waals surface area contributed by atoms with E-state index in [2.05, 4.69) is 0 Å². The van der Waals surface area contributed by atoms with Crippen molar-refractivity contribution in [3.8, 4) is 0 Å². The number of rotatable bonds is 3. The first-order valence-corrected chi connectivity index (χ1v) is 10.0. The molecule has 0 bridgehead atoms. The first-order valence-electron chi connectivity index (χ1n) is 10.0. The van der Waals surface area contributed by atoms with E-state index in [4.69, 9.17) is 0 Å². The number of hydrogen-bond acceptors (Lipinski definition) is 4. The molecule has 0 aromatic heterocycles. The van der Waals surface area contributed by atoms with Crippen molar-refractivity contribution < 1.29 is 19.2 Å². The second-order valence-electron chi connectivity index (χ2n) is 7.64. The largest absolute Gasteiger partial charge is 0.339 e. The summed E-state index contributed by atoms with van der Waals surface area (Å²) in [6, 6.07) is 14.1. The molecular weight excluding hydrogens is 382 g/mol. The summed E-state index contributed by atoms with van der Waals surface area (Å²) in [5.41, 5.74) is 2.33. The number of amides is 4. The topological polar surface area (TPSA) is 78.0 Å². The highest BCUT2D eigenvalue weighted by molar-refractivity contribution is 6.22. The second-order valence-corrected chi connectivity index (χ2v) is 7.64. The quantitative estimate of drug-likeness (QED) is 0.732. The molecule has 1 saturated heterocycles. The lowest BCUT2D eigenvalue weighted by Crippen LogP contribution is -2.44. The lowest BCUT2D eigenvalue weighted by molar-refractivity contribution is -0.131. The third-order valence-corrected chi connectivity index (χ3v) is 5.57. The van der Waals surface area contributed by atoms with E-state index < -0.39 is 11.8 Å². The Balaban J connectivity index is 1.39. The van der Waals surface area contributed by atoms with Crippen LogP contribution in [-0.4, -0.2) is 71.1 Å². The maximum absolute atomic E-state index is 12.8. The lowest BCUT2D eigenvalue weighted by atomic mass is 10.1. The molecule has 7 heteroatoms. The van der Waals surface area contributed by atoms with E-state index in [1.165, 1.54) is 0 Å². The Hall–Kier alpha value is -3.48. The highest BCUT2D eigenvalue weighted by atomic mass is 16.2. The van der Waals surface area contributed by atoms with Gasteiger partial charge in [0.1, 0.15) is 6.54 Å². The number of hydrogen-bond donors (Lipinski definition) is 0. The number of fused-ring (bicyclic) bond motifs is 1. The number of nitrogens with zero attached hydrogens (tertiary/aromatic N) is 3. The first kappa shape index (κ1) is 19.8. The van der Waals surface area contributed by atoms with Crippen LogP contribution in [0.15, 0.2) is 48.5 Å². The van der Waals surface area contributed by atoms with Crippen LogP contribution in [0.25, 0.3) is 0 Å². The monoisotopic (exact) mass is 405 g/mol. The van der Waals surface area contributed by atoms with Crippen LogP contribution in [0, 0.1) is 6.92 Å². The third-order valence-electron chi connectivity index (χ3n) is 5.57. The van der Waals surface area contributed by atoms with Gasteiger partial charge in [-0.3, -0.25) is 24.1 Å². The molecule has 0 spiro atoms. The molecule has 154 valence electrons. The van der Waals surface area contributed by atoms with Gasteiger partial charge in [0.05, 0.1) is 11.1 Å². The molecule has 0 aliphatic carbocycles. The van der Waals surface area contributed by atoms with Gasteiger partial charge in [-0.2, -0.15) is 0 Å². The van der Waals surface area contributed by atoms with Crippen molar-refractivity contribution in [1.29, 1.82) is 0 Å². The third kappa shape index (κ3) is 3.70. The van der Waals surface area contributed by atoms with Crippen LogP contribution < -0.4 is 0 Å². The molecule has 2 aromatic carbocycles. The van der Waals surface area contributed by atoms with Crippen LogP contribution in [0.5, 0.6) is 0 Å². The van der Waals surface area contributed by atoms with Crippen LogP contribution >= 0.6 is 0 Å². The molecule has 0 radical (unpaired) electrons. The fraction of sp³-hybridized carbons (Fsp3) is 0.304. The summed E-state index contributed by atoms with van der Waals surface area (Å²) in [5, 5.41) is 0. The molecule has 30 heavy (non-hydrogen) atoms. The van der Waals surface area contributed by atoms with Crippen molar-refractivity contribution in [3.05, 3.63) is 70.8 Å². The first-order chi connectivity index (χ1) is 14.5. The van der Waals surface area contributed by atoms with Crippen molar-refractivity contribution >= 4 is 23.6 Å². The van der Waals surface area contributed by atoms with Crippen molar-refractivity contribution in [3.63, 3.8) is 0 Å². The zero-order chi connectivity index (χ0) is 21.3. The summed E-state index contributed by atoms with van der Waals surface area (Å²) in [6.07, 6.45) is 0.644. The molecule has 2 aliphatic rings. The van der Waals surface area contributed by atoms with Gasteiger partial charge in [-0.25, -0.2) is 0 Å². The Labute approximate surface area is 174 Å². The smallest absolute Gasteiger partial charge is 0.262 e. The molecule has 0 atom stereocenters. The van der Waals surface area contributed by atoms with Crippen molar-refractivity contribution in [2.75, 3.05) is 32.7 Å². The van der Waals surface area contributed by atoms with Crippen LogP contribution in [-0.2, 0) is 4.79 Å². The summed E-state index contributed by atoms with van der Waals surface area (Å²) >= 11 is 0. The SMILES string of the molecule is Cc1cccc(C(=O)N2CCCN(C(=O)CN3C(=O)c4ccccc4C3=O)CC2)c1. The van der Waals surface area contributed by atoms with Gasteiger partial charge in [0, 0.05) is 31.7 Å². The fourth-order valence-electron chi connectivity index (χ4n) is 3.95. The highest BCUT2D eigenvalue weighted by Gasteiger charge is 2.37. The van der Waals surface area contributed by atoms with Gasteiger partial charge >= 0.3 is 0 Å². The standard InChI is InChI=1S/C23H23N3O4/c1-16-6-4-7-17(14-16)21(28)25-11-5-10-24(12-13-25)20(27)15-26-22(29)18-8-2-3-9-19(18)23(26)30/h2-4,6-9,14H,5,10-13,15H2,1H3. The minimum atomic E-state index is -0.435. The lowest BCUT2D eigenvalue weighted by Gasteiger charge is -2.24. The maximum Gasteiger partial charge on any atom is 0.262 e. The van der Waals surface area contributed by atoms with Gasteiger partial charge in [-0.1, -0.05) is 29.8 Å². The molecule has 7 nitrogen and oxygen atoms in total. The van der Waals surface area contributed by atoms with Crippen molar-refractivity contribution in [2.24, 2.45) is 0 Å². The van der Waals surface area contributed by atoms with E-state index in [1.54, 1.807) is 40.1 Å². The number of aryl methyl sites for hydroxylation is 1. The van der Waals surface area contributed by atoms with E-state index in [1.807, 2.05) is 25.1 Å². The molecule has 1 fully saturated rings. The van der Waals surface area contributed by atoms with E-state index in [9.17, 15) is 19.2 Å². The zero-order valence-corrected chi connectivity index (χ0v) is 16.8. The van der Waals surface area contributed by atoms with Crippen LogP contribution in [0.1, 0.15) is 43.1 Å². The molecule has 2 aromatic rings. The van der Waals surface area contributed by atoms with Crippen molar-refractivity contribution in [1.82, 2.24) is 14.7 Å². The Morgan fingerprint density at radius 1 is 0.833 bits per heavy atom. The summed E-state index contributed by atoms with van der Waals surface area (Å²) < 4.78 is 0. The molecule has 0 saturated carbocycles. The second kappa shape index (κ2) is 8.10. The number of benzene rings is 2. The summed E-state index contributed by atoms with van der Waals surface area (Å²) in [7, 11) is 0. The maximum atomic E-state index is 12.8. The van der Waals surface area contributed by atoms with Gasteiger partial charge in [-0.15, -0.1) is 0 Å². The highest BCUT2D eigenvalue weighted by Crippen LogP contribution is 2.22. The summed E-state index contributed by atoms with van der Waals surface area (Å²) in [5.74, 6) is -1.20. The molecule has 0 N–H and O–H groups in total. The van der Waals surface area contributed by atoms with Crippen LogP contribution in [0.2, 0.25) is 0 Å². The molecule has 0 unspecified atom stereocenters. The average Bonchev–Trinajstić information content (AvgIpc) is 2.93. The van der Waals surface area contributed by atoms with E-state index in [0.29, 0.717) is 49.3 Å². The minimum Gasteiger partial charge on any atom is -0.339 e. The van der Waals surface area contributed by atoms with Gasteiger partial charge in [-0.05, 0) is 37.6 Å². The zero-order valence-electron chi connectivity index (χ0n) is 16.8. The van der Waals surface area contributed by atoms with Gasteiger partial charge < -0.3 is 9.80 Å². The van der Waals surface area contributed by atoms with Crippen molar-refractivity contribution in [2.45, 2.75) is 13.3 Å². The predicted octanol–water partition coefficient (Wildman–Crippen LogP) is 1.97. The van der Waals surface area contributed by atoms with Gasteiger partial charge in [0.2, 0.25) is 5.91 Å². The van der Waals surface area contributed by atoms with E-state index >= 15 is 0 Å². The Morgan fingerprint density at radius 3 is 2.13 bits per heavy atom. The molecule has 2 aliphatic heterocycles. The normalized spacial score (nSPS) is 16.5. The number of imide groups is 1. The number of carbonyl (C=O) groups excluding carboxylic acids is 4. The fourth-order valence-corrected chi connectivity index (χ4v) is 3.95. The summed E-state index contributed by atoms with van der Waals surface area (Å²) in [4.78, 5) is 55.0. The predicted molar refractivity (Wildman–Crippen MR) is 110 cm³/mol. The summed E-state index contributed by atoms with van der Waals surface area (Å²) in [6.45, 7) is 3.50. The molecule has 4 rings (SSSR count). The average molecular weight is 405 g/mol. The van der Waals surface area contributed by atoms with E-state index in [-0.39, 0.29) is 18.4 Å². The Bertz CT molecular complexity index is 998. The van der Waals surface area contributed by atoms with E-state index in [0.717, 1.165) is 10.5 Å². The molecule has 4 amide bonds. The Morgan fingerprint density at radius 2 is 1.47 bits per heavy atom. The number of carbonyl (C=O) groups is 4. The van der Waals surface area contributed by atoms with Gasteiger partial charge in [0.25, 0.3) is 17.7 Å². The Kier molecular flexibility index (Phi) is 5.35. The molecule has 2 heterocycles. The minimum absolute atomic E-state index is 0.0478. The van der Waals surface area contributed by atoms with Crippen LogP contribution in [0.3, 0.4) is 0 Å². The van der Waals surface area contributed by atoms with Gasteiger partial charge in [0.15, 0.2) is 0 Å². The molecular formula is C23H23N3O4.